The van der Waals surface area contributed by atoms with Gasteiger partial charge >= 0.3 is 0 Å². The summed E-state index contributed by atoms with van der Waals surface area (Å²) in [5, 5.41) is 3.58. The fourth-order valence-corrected chi connectivity index (χ4v) is 2.53. The molecule has 1 aromatic heterocycles. The van der Waals surface area contributed by atoms with Crippen LogP contribution in [0.1, 0.15) is 22.5 Å². The Morgan fingerprint density at radius 1 is 1.29 bits per heavy atom. The Hall–Kier alpha value is -2.14. The SMILES string of the molecule is O=C(c1ccno1)N1CCOC(CCc2ccccc2)C1. The molecule has 1 atom stereocenters. The van der Waals surface area contributed by atoms with Gasteiger partial charge in [-0.25, -0.2) is 0 Å². The van der Waals surface area contributed by atoms with Crippen LogP contribution >= 0.6 is 0 Å². The number of aryl methyl sites for hydroxylation is 1. The van der Waals surface area contributed by atoms with Gasteiger partial charge in [-0.3, -0.25) is 4.79 Å². The summed E-state index contributed by atoms with van der Waals surface area (Å²) < 4.78 is 10.7. The molecule has 21 heavy (non-hydrogen) atoms. The van der Waals surface area contributed by atoms with Gasteiger partial charge in [-0.2, -0.15) is 0 Å². The van der Waals surface area contributed by atoms with Crippen molar-refractivity contribution in [1.29, 1.82) is 0 Å². The van der Waals surface area contributed by atoms with E-state index in [0.717, 1.165) is 12.8 Å². The van der Waals surface area contributed by atoms with E-state index in [4.69, 9.17) is 9.26 Å². The van der Waals surface area contributed by atoms with E-state index in [1.54, 1.807) is 11.0 Å². The van der Waals surface area contributed by atoms with E-state index in [1.807, 2.05) is 18.2 Å². The van der Waals surface area contributed by atoms with E-state index < -0.39 is 0 Å². The van der Waals surface area contributed by atoms with Gasteiger partial charge in [-0.1, -0.05) is 35.5 Å². The Morgan fingerprint density at radius 2 is 2.14 bits per heavy atom. The zero-order valence-electron chi connectivity index (χ0n) is 11.8. The van der Waals surface area contributed by atoms with E-state index in [-0.39, 0.29) is 12.0 Å². The predicted octanol–water partition coefficient (Wildman–Crippen LogP) is 2.15. The molecule has 1 aliphatic heterocycles. The molecule has 5 heteroatoms. The maximum absolute atomic E-state index is 12.2. The van der Waals surface area contributed by atoms with Crippen molar-refractivity contribution in [2.45, 2.75) is 18.9 Å². The van der Waals surface area contributed by atoms with Gasteiger partial charge in [0.15, 0.2) is 0 Å². The molecular formula is C16H18N2O3. The summed E-state index contributed by atoms with van der Waals surface area (Å²) in [6.07, 6.45) is 3.42. The standard InChI is InChI=1S/C16H18N2O3/c19-16(15-8-9-17-21-15)18-10-11-20-14(12-18)7-6-13-4-2-1-3-5-13/h1-5,8-9,14H,6-7,10-12H2. The Kier molecular flexibility index (Phi) is 4.31. The molecule has 0 N–H and O–H groups in total. The number of amides is 1. The Morgan fingerprint density at radius 3 is 2.90 bits per heavy atom. The quantitative estimate of drug-likeness (QED) is 0.864. The summed E-state index contributed by atoms with van der Waals surface area (Å²) in [6.45, 7) is 1.77. The van der Waals surface area contributed by atoms with Crippen molar-refractivity contribution in [3.63, 3.8) is 0 Å². The van der Waals surface area contributed by atoms with Crippen molar-refractivity contribution in [2.75, 3.05) is 19.7 Å². The van der Waals surface area contributed by atoms with Crippen LogP contribution in [0.15, 0.2) is 47.1 Å². The molecule has 1 aliphatic rings. The number of benzene rings is 1. The third kappa shape index (κ3) is 3.49. The van der Waals surface area contributed by atoms with Crippen LogP contribution in [0, 0.1) is 0 Å². The van der Waals surface area contributed by atoms with E-state index in [9.17, 15) is 4.79 Å². The van der Waals surface area contributed by atoms with Crippen molar-refractivity contribution in [2.24, 2.45) is 0 Å². The number of carbonyl (C=O) groups is 1. The van der Waals surface area contributed by atoms with E-state index >= 15 is 0 Å². The second-order valence-corrected chi connectivity index (χ2v) is 5.14. The summed E-state index contributed by atoms with van der Waals surface area (Å²) >= 11 is 0. The van der Waals surface area contributed by atoms with E-state index in [1.165, 1.54) is 11.8 Å². The number of hydrogen-bond acceptors (Lipinski definition) is 4. The molecule has 2 aromatic rings. The first-order chi connectivity index (χ1) is 10.3. The van der Waals surface area contributed by atoms with Gasteiger partial charge in [0.25, 0.3) is 5.91 Å². The molecule has 1 aromatic carbocycles. The summed E-state index contributed by atoms with van der Waals surface area (Å²) in [5.41, 5.74) is 1.29. The van der Waals surface area contributed by atoms with Gasteiger partial charge in [-0.15, -0.1) is 0 Å². The average Bonchev–Trinajstić information content (AvgIpc) is 3.08. The highest BCUT2D eigenvalue weighted by Gasteiger charge is 2.26. The van der Waals surface area contributed by atoms with Crippen LogP contribution in [0.2, 0.25) is 0 Å². The minimum Gasteiger partial charge on any atom is -0.375 e. The van der Waals surface area contributed by atoms with E-state index in [2.05, 4.69) is 17.3 Å². The molecule has 1 amide bonds. The van der Waals surface area contributed by atoms with Crippen molar-refractivity contribution < 1.29 is 14.1 Å². The largest absolute Gasteiger partial charge is 0.375 e. The molecule has 0 saturated carbocycles. The van der Waals surface area contributed by atoms with E-state index in [0.29, 0.717) is 25.5 Å². The minimum atomic E-state index is -0.111. The smallest absolute Gasteiger partial charge is 0.292 e. The van der Waals surface area contributed by atoms with Gasteiger partial charge in [0.05, 0.1) is 18.9 Å². The third-order valence-electron chi connectivity index (χ3n) is 3.67. The second-order valence-electron chi connectivity index (χ2n) is 5.14. The Balaban J connectivity index is 1.55. The lowest BCUT2D eigenvalue weighted by molar-refractivity contribution is -0.0257. The number of carbonyl (C=O) groups excluding carboxylic acids is 1. The molecule has 110 valence electrons. The molecule has 1 unspecified atom stereocenters. The van der Waals surface area contributed by atoms with Crippen LogP contribution in [0.25, 0.3) is 0 Å². The van der Waals surface area contributed by atoms with Crippen molar-refractivity contribution in [3.8, 4) is 0 Å². The maximum Gasteiger partial charge on any atom is 0.292 e. The number of rotatable bonds is 4. The summed E-state index contributed by atoms with van der Waals surface area (Å²) in [4.78, 5) is 14.0. The number of hydrogen-bond donors (Lipinski definition) is 0. The third-order valence-corrected chi connectivity index (χ3v) is 3.67. The van der Waals surface area contributed by atoms with Gasteiger partial charge in [0, 0.05) is 19.2 Å². The van der Waals surface area contributed by atoms with Crippen molar-refractivity contribution in [1.82, 2.24) is 10.1 Å². The fraction of sp³-hybridized carbons (Fsp3) is 0.375. The Labute approximate surface area is 123 Å². The highest BCUT2D eigenvalue weighted by molar-refractivity contribution is 5.91. The molecule has 1 fully saturated rings. The fourth-order valence-electron chi connectivity index (χ4n) is 2.53. The van der Waals surface area contributed by atoms with Crippen LogP contribution < -0.4 is 0 Å². The molecule has 1 saturated heterocycles. The monoisotopic (exact) mass is 286 g/mol. The first-order valence-corrected chi connectivity index (χ1v) is 7.18. The zero-order chi connectivity index (χ0) is 14.5. The highest BCUT2D eigenvalue weighted by Crippen LogP contribution is 2.14. The number of nitrogens with zero attached hydrogens (tertiary/aromatic N) is 2. The number of morpholine rings is 1. The first-order valence-electron chi connectivity index (χ1n) is 7.18. The first kappa shape index (κ1) is 13.8. The molecule has 0 radical (unpaired) electrons. The van der Waals surface area contributed by atoms with Crippen molar-refractivity contribution in [3.05, 3.63) is 53.9 Å². The summed E-state index contributed by atoms with van der Waals surface area (Å²) in [6, 6.07) is 11.9. The second kappa shape index (κ2) is 6.54. The van der Waals surface area contributed by atoms with Crippen LogP contribution in [0.5, 0.6) is 0 Å². The van der Waals surface area contributed by atoms with Crippen LogP contribution in [-0.4, -0.2) is 41.8 Å². The topological polar surface area (TPSA) is 55.6 Å². The zero-order valence-corrected chi connectivity index (χ0v) is 11.8. The van der Waals surface area contributed by atoms with Crippen LogP contribution in [0.3, 0.4) is 0 Å². The molecule has 5 nitrogen and oxygen atoms in total. The molecule has 0 aliphatic carbocycles. The minimum absolute atomic E-state index is 0.0748. The molecule has 0 spiro atoms. The van der Waals surface area contributed by atoms with Gasteiger partial charge in [0.2, 0.25) is 5.76 Å². The lowest BCUT2D eigenvalue weighted by atomic mass is 10.1. The number of aromatic nitrogens is 1. The van der Waals surface area contributed by atoms with Crippen LogP contribution in [0.4, 0.5) is 0 Å². The maximum atomic E-state index is 12.2. The molecular weight excluding hydrogens is 268 g/mol. The van der Waals surface area contributed by atoms with Crippen molar-refractivity contribution >= 4 is 5.91 Å². The highest BCUT2D eigenvalue weighted by atomic mass is 16.5. The Bertz CT molecular complexity index is 568. The number of ether oxygens (including phenoxy) is 1. The predicted molar refractivity (Wildman–Crippen MR) is 76.9 cm³/mol. The van der Waals surface area contributed by atoms with Crippen LogP contribution in [-0.2, 0) is 11.2 Å². The molecule has 2 heterocycles. The summed E-state index contributed by atoms with van der Waals surface area (Å²) in [7, 11) is 0. The molecule has 0 bridgehead atoms. The molecule has 3 rings (SSSR count). The normalized spacial score (nSPS) is 18.7. The van der Waals surface area contributed by atoms with Gasteiger partial charge in [0.1, 0.15) is 0 Å². The summed E-state index contributed by atoms with van der Waals surface area (Å²) in [5.74, 6) is 0.180. The lowest BCUT2D eigenvalue weighted by Gasteiger charge is -2.32. The average molecular weight is 286 g/mol. The lowest BCUT2D eigenvalue weighted by Crippen LogP contribution is -2.45. The van der Waals surface area contributed by atoms with Gasteiger partial charge < -0.3 is 14.2 Å². The van der Waals surface area contributed by atoms with Gasteiger partial charge in [-0.05, 0) is 18.4 Å².